The normalized spacial score (nSPS) is 10.2. The molecule has 0 saturated carbocycles. The molecule has 0 aliphatic rings. The molecule has 0 atom stereocenters. The van der Waals surface area contributed by atoms with Crippen molar-refractivity contribution >= 4 is 11.9 Å². The molecule has 1 amide bonds. The maximum Gasteiger partial charge on any atom is 0.325 e. The molecule has 0 aliphatic carbocycles. The second kappa shape index (κ2) is 10.9. The lowest BCUT2D eigenvalue weighted by Crippen LogP contribution is -2.30. The molecular formula is C21H24FNO5. The monoisotopic (exact) mass is 389 g/mol. The Balaban J connectivity index is 1.79. The van der Waals surface area contributed by atoms with E-state index >= 15 is 0 Å². The summed E-state index contributed by atoms with van der Waals surface area (Å²) in [7, 11) is 1.44. The fourth-order valence-electron chi connectivity index (χ4n) is 2.36. The number of carbonyl (C=O) groups excluding carboxylic acids is 2. The molecule has 0 radical (unpaired) electrons. The highest BCUT2D eigenvalue weighted by Crippen LogP contribution is 2.20. The van der Waals surface area contributed by atoms with E-state index in [2.05, 4.69) is 12.2 Å². The van der Waals surface area contributed by atoms with Gasteiger partial charge in [-0.05, 0) is 48.9 Å². The van der Waals surface area contributed by atoms with Crippen molar-refractivity contribution in [2.75, 3.05) is 20.3 Å². The van der Waals surface area contributed by atoms with E-state index in [1.165, 1.54) is 25.3 Å². The Hall–Kier alpha value is -3.09. The van der Waals surface area contributed by atoms with Crippen molar-refractivity contribution in [3.8, 4) is 11.5 Å². The number of amides is 1. The summed E-state index contributed by atoms with van der Waals surface area (Å²) in [6, 6.07) is 10.6. The van der Waals surface area contributed by atoms with Crippen LogP contribution in [-0.4, -0.2) is 32.1 Å². The molecule has 0 aromatic heterocycles. The summed E-state index contributed by atoms with van der Waals surface area (Å²) in [6.07, 6.45) is 2.01. The van der Waals surface area contributed by atoms with Gasteiger partial charge in [0.25, 0.3) is 5.91 Å². The molecule has 0 unspecified atom stereocenters. The van der Waals surface area contributed by atoms with E-state index in [-0.39, 0.29) is 13.2 Å². The van der Waals surface area contributed by atoms with Gasteiger partial charge in [-0.15, -0.1) is 0 Å². The molecule has 0 fully saturated rings. The van der Waals surface area contributed by atoms with Gasteiger partial charge in [0.1, 0.15) is 30.5 Å². The smallest absolute Gasteiger partial charge is 0.325 e. The van der Waals surface area contributed by atoms with Crippen LogP contribution in [0, 0.1) is 5.82 Å². The zero-order valence-corrected chi connectivity index (χ0v) is 16.0. The average molecular weight is 389 g/mol. The van der Waals surface area contributed by atoms with E-state index in [0.29, 0.717) is 29.2 Å². The Morgan fingerprint density at radius 3 is 2.54 bits per heavy atom. The first-order chi connectivity index (χ1) is 13.5. The van der Waals surface area contributed by atoms with Crippen molar-refractivity contribution in [1.29, 1.82) is 0 Å². The van der Waals surface area contributed by atoms with Crippen molar-refractivity contribution in [2.45, 2.75) is 26.4 Å². The lowest BCUT2D eigenvalue weighted by molar-refractivity contribution is -0.143. The molecule has 150 valence electrons. The third kappa shape index (κ3) is 6.57. The lowest BCUT2D eigenvalue weighted by atomic mass is 10.2. The van der Waals surface area contributed by atoms with Gasteiger partial charge in [-0.25, -0.2) is 4.39 Å². The zero-order chi connectivity index (χ0) is 20.4. The Morgan fingerprint density at radius 1 is 1.11 bits per heavy atom. The van der Waals surface area contributed by atoms with Crippen molar-refractivity contribution < 1.29 is 28.2 Å². The summed E-state index contributed by atoms with van der Waals surface area (Å²) in [5.41, 5.74) is 0.809. The van der Waals surface area contributed by atoms with Crippen LogP contribution in [0.2, 0.25) is 0 Å². The summed E-state index contributed by atoms with van der Waals surface area (Å²) in [6.45, 7) is 2.26. The van der Waals surface area contributed by atoms with Crippen LogP contribution < -0.4 is 14.8 Å². The Morgan fingerprint density at radius 2 is 1.86 bits per heavy atom. The van der Waals surface area contributed by atoms with E-state index in [1.54, 1.807) is 24.3 Å². The van der Waals surface area contributed by atoms with Crippen LogP contribution in [0.15, 0.2) is 42.5 Å². The molecule has 0 heterocycles. The number of benzene rings is 2. The number of rotatable bonds is 10. The van der Waals surface area contributed by atoms with Gasteiger partial charge in [-0.2, -0.15) is 0 Å². The van der Waals surface area contributed by atoms with Gasteiger partial charge in [0.2, 0.25) is 0 Å². The van der Waals surface area contributed by atoms with Crippen LogP contribution in [0.3, 0.4) is 0 Å². The first-order valence-electron chi connectivity index (χ1n) is 9.02. The summed E-state index contributed by atoms with van der Waals surface area (Å²) >= 11 is 0. The van der Waals surface area contributed by atoms with Gasteiger partial charge in [0.05, 0.1) is 13.7 Å². The van der Waals surface area contributed by atoms with E-state index in [4.69, 9.17) is 14.2 Å². The maximum atomic E-state index is 13.3. The minimum atomic E-state index is -0.640. The molecule has 6 nitrogen and oxygen atoms in total. The summed E-state index contributed by atoms with van der Waals surface area (Å²) in [4.78, 5) is 24.0. The predicted molar refractivity (Wildman–Crippen MR) is 102 cm³/mol. The van der Waals surface area contributed by atoms with E-state index in [1.807, 2.05) is 0 Å². The van der Waals surface area contributed by atoms with Gasteiger partial charge in [-0.3, -0.25) is 9.59 Å². The number of unbranched alkanes of at least 4 members (excludes halogenated alkanes) is 1. The van der Waals surface area contributed by atoms with E-state index in [0.717, 1.165) is 12.8 Å². The van der Waals surface area contributed by atoms with Crippen molar-refractivity contribution in [1.82, 2.24) is 5.32 Å². The molecule has 28 heavy (non-hydrogen) atoms. The Labute approximate surface area is 163 Å². The van der Waals surface area contributed by atoms with Gasteiger partial charge >= 0.3 is 5.97 Å². The van der Waals surface area contributed by atoms with Crippen LogP contribution in [0.4, 0.5) is 4.39 Å². The summed E-state index contributed by atoms with van der Waals surface area (Å²) in [5, 5.41) is 2.49. The van der Waals surface area contributed by atoms with Gasteiger partial charge in [0, 0.05) is 11.1 Å². The quantitative estimate of drug-likeness (QED) is 0.497. The fraction of sp³-hybridized carbons (Fsp3) is 0.333. The molecule has 7 heteroatoms. The van der Waals surface area contributed by atoms with E-state index < -0.39 is 17.7 Å². The molecular weight excluding hydrogens is 365 g/mol. The van der Waals surface area contributed by atoms with Gasteiger partial charge < -0.3 is 19.5 Å². The van der Waals surface area contributed by atoms with Crippen LogP contribution in [0.1, 0.15) is 35.7 Å². The van der Waals surface area contributed by atoms with Crippen LogP contribution in [-0.2, 0) is 16.1 Å². The predicted octanol–water partition coefficient (Wildman–Crippen LogP) is 3.49. The summed E-state index contributed by atoms with van der Waals surface area (Å²) < 4.78 is 29.0. The highest BCUT2D eigenvalue weighted by atomic mass is 19.1. The Bertz CT molecular complexity index is 792. The van der Waals surface area contributed by atoms with Crippen molar-refractivity contribution in [3.05, 3.63) is 59.4 Å². The number of esters is 1. The molecule has 0 saturated heterocycles. The SMILES string of the molecule is CCCCOc1ccc(C(=O)NCC(=O)OCc2cc(F)ccc2OC)cc1. The highest BCUT2D eigenvalue weighted by Gasteiger charge is 2.11. The number of carbonyl (C=O) groups is 2. The van der Waals surface area contributed by atoms with Crippen molar-refractivity contribution in [3.63, 3.8) is 0 Å². The minimum absolute atomic E-state index is 0.153. The first kappa shape index (κ1) is 21.2. The average Bonchev–Trinajstić information content (AvgIpc) is 2.71. The fourth-order valence-corrected chi connectivity index (χ4v) is 2.36. The standard InChI is InChI=1S/C21H24FNO5/c1-3-4-11-27-18-8-5-15(6-9-18)21(25)23-13-20(24)28-14-16-12-17(22)7-10-19(16)26-2/h5-10,12H,3-4,11,13-14H2,1-2H3,(H,23,25). The molecule has 2 aromatic rings. The third-order valence-electron chi connectivity index (χ3n) is 3.91. The number of hydrogen-bond acceptors (Lipinski definition) is 5. The van der Waals surface area contributed by atoms with Crippen LogP contribution >= 0.6 is 0 Å². The maximum absolute atomic E-state index is 13.3. The topological polar surface area (TPSA) is 73.9 Å². The molecule has 0 aliphatic heterocycles. The number of methoxy groups -OCH3 is 1. The number of hydrogen-bond donors (Lipinski definition) is 1. The van der Waals surface area contributed by atoms with Crippen molar-refractivity contribution in [2.24, 2.45) is 0 Å². The third-order valence-corrected chi connectivity index (χ3v) is 3.91. The number of halogens is 1. The zero-order valence-electron chi connectivity index (χ0n) is 16.0. The van der Waals surface area contributed by atoms with Gasteiger partial charge in [0.15, 0.2) is 0 Å². The Kier molecular flexibility index (Phi) is 8.27. The van der Waals surface area contributed by atoms with E-state index in [9.17, 15) is 14.0 Å². The largest absolute Gasteiger partial charge is 0.496 e. The minimum Gasteiger partial charge on any atom is -0.496 e. The van der Waals surface area contributed by atoms with Crippen LogP contribution in [0.5, 0.6) is 11.5 Å². The molecule has 1 N–H and O–H groups in total. The number of nitrogens with one attached hydrogen (secondary N) is 1. The highest BCUT2D eigenvalue weighted by molar-refractivity contribution is 5.96. The molecule has 0 spiro atoms. The van der Waals surface area contributed by atoms with Gasteiger partial charge in [-0.1, -0.05) is 13.3 Å². The first-order valence-corrected chi connectivity index (χ1v) is 9.02. The second-order valence-electron chi connectivity index (χ2n) is 6.03. The molecule has 2 rings (SSSR count). The molecule has 0 bridgehead atoms. The number of ether oxygens (including phenoxy) is 3. The summed E-state index contributed by atoms with van der Waals surface area (Å²) in [5.74, 6) is -0.394. The molecule has 2 aromatic carbocycles. The second-order valence-corrected chi connectivity index (χ2v) is 6.03. The lowest BCUT2D eigenvalue weighted by Gasteiger charge is -2.10. The van der Waals surface area contributed by atoms with Crippen LogP contribution in [0.25, 0.3) is 0 Å².